The molecule has 30 heavy (non-hydrogen) atoms. The van der Waals surface area contributed by atoms with Crippen LogP contribution < -0.4 is 9.64 Å². The van der Waals surface area contributed by atoms with Gasteiger partial charge >= 0.3 is 5.97 Å². The molecule has 3 aromatic carbocycles. The van der Waals surface area contributed by atoms with Crippen LogP contribution >= 0.6 is 12.2 Å². The zero-order chi connectivity index (χ0) is 20.9. The maximum absolute atomic E-state index is 12.9. The quantitative estimate of drug-likeness (QED) is 0.419. The zero-order valence-electron chi connectivity index (χ0n) is 16.8. The minimum absolute atomic E-state index is 0.329. The van der Waals surface area contributed by atoms with Gasteiger partial charge in [0.15, 0.2) is 5.60 Å². The smallest absolute Gasteiger partial charge is 0.340 e. The lowest BCUT2D eigenvalue weighted by Crippen LogP contribution is -2.33. The predicted molar refractivity (Wildman–Crippen MR) is 121 cm³/mol. The van der Waals surface area contributed by atoms with Crippen LogP contribution in [-0.4, -0.2) is 24.4 Å². The summed E-state index contributed by atoms with van der Waals surface area (Å²) >= 11 is 5.16. The summed E-state index contributed by atoms with van der Waals surface area (Å²) in [5, 5.41) is 1.62. The molecule has 0 saturated carbocycles. The highest BCUT2D eigenvalue weighted by atomic mass is 32.1. The molecule has 0 fully saturated rings. The SMILES string of the molecule is CCN(CC)c1ccc2c(c1)Oc1ccc(C=S)cc1C21OC(=O)c2ccccc21. The first-order valence-electron chi connectivity index (χ1n) is 10.1. The van der Waals surface area contributed by atoms with Gasteiger partial charge in [-0.05, 0) is 49.7 Å². The first kappa shape index (κ1) is 18.8. The Morgan fingerprint density at radius 3 is 2.50 bits per heavy atom. The molecule has 0 radical (unpaired) electrons. The van der Waals surface area contributed by atoms with Crippen molar-refractivity contribution in [1.82, 2.24) is 0 Å². The van der Waals surface area contributed by atoms with Crippen LogP contribution in [0.3, 0.4) is 0 Å². The maximum Gasteiger partial charge on any atom is 0.340 e. The van der Waals surface area contributed by atoms with E-state index < -0.39 is 5.60 Å². The van der Waals surface area contributed by atoms with E-state index in [1.807, 2.05) is 54.6 Å². The molecule has 5 heteroatoms. The molecule has 2 heterocycles. The molecule has 1 spiro atoms. The third kappa shape index (κ3) is 2.52. The molecule has 150 valence electrons. The van der Waals surface area contributed by atoms with Crippen LogP contribution in [0.2, 0.25) is 0 Å². The van der Waals surface area contributed by atoms with Crippen molar-refractivity contribution in [3.63, 3.8) is 0 Å². The molecule has 4 nitrogen and oxygen atoms in total. The van der Waals surface area contributed by atoms with Crippen molar-refractivity contribution in [2.24, 2.45) is 0 Å². The number of hydrogen-bond donors (Lipinski definition) is 0. The summed E-state index contributed by atoms with van der Waals surface area (Å²) in [6.07, 6.45) is 0. The summed E-state index contributed by atoms with van der Waals surface area (Å²) < 4.78 is 12.5. The van der Waals surface area contributed by atoms with Gasteiger partial charge in [0.05, 0.1) is 5.56 Å². The predicted octanol–water partition coefficient (Wildman–Crippen LogP) is 5.45. The molecule has 5 rings (SSSR count). The Morgan fingerprint density at radius 2 is 1.73 bits per heavy atom. The number of anilines is 1. The Hall–Kier alpha value is -3.18. The average molecular weight is 416 g/mol. The maximum atomic E-state index is 12.9. The zero-order valence-corrected chi connectivity index (χ0v) is 17.7. The lowest BCUT2D eigenvalue weighted by atomic mass is 9.77. The number of fused-ring (bicyclic) bond motifs is 6. The largest absolute Gasteiger partial charge is 0.456 e. The van der Waals surface area contributed by atoms with E-state index in [1.165, 1.54) is 0 Å². The highest BCUT2D eigenvalue weighted by molar-refractivity contribution is 7.79. The number of esters is 1. The summed E-state index contributed by atoms with van der Waals surface area (Å²) in [6.45, 7) is 6.05. The second kappa shape index (κ2) is 6.96. The van der Waals surface area contributed by atoms with Gasteiger partial charge in [-0.25, -0.2) is 4.79 Å². The van der Waals surface area contributed by atoms with Crippen LogP contribution in [0, 0.1) is 0 Å². The second-order valence-electron chi connectivity index (χ2n) is 7.44. The van der Waals surface area contributed by atoms with Crippen LogP contribution in [-0.2, 0) is 10.3 Å². The minimum atomic E-state index is -1.05. The fourth-order valence-corrected chi connectivity index (χ4v) is 4.68. The molecule has 2 aliphatic rings. The number of carbonyl (C=O) groups excluding carboxylic acids is 1. The molecule has 0 aromatic heterocycles. The van der Waals surface area contributed by atoms with Crippen LogP contribution in [0.5, 0.6) is 11.5 Å². The van der Waals surface area contributed by atoms with Crippen LogP contribution in [0.15, 0.2) is 60.7 Å². The first-order valence-corrected chi connectivity index (χ1v) is 10.6. The summed E-state index contributed by atoms with van der Waals surface area (Å²) in [5.74, 6) is 1.04. The summed E-state index contributed by atoms with van der Waals surface area (Å²) in [5.41, 5.74) is 3.93. The molecule has 0 aliphatic carbocycles. The van der Waals surface area contributed by atoms with Crippen LogP contribution in [0.1, 0.15) is 46.5 Å². The second-order valence-corrected chi connectivity index (χ2v) is 7.68. The Labute approximate surface area is 181 Å². The van der Waals surface area contributed by atoms with Gasteiger partial charge in [-0.1, -0.05) is 36.5 Å². The highest BCUT2D eigenvalue weighted by Gasteiger charge is 2.53. The Morgan fingerprint density at radius 1 is 0.933 bits per heavy atom. The lowest BCUT2D eigenvalue weighted by Gasteiger charge is -2.37. The van der Waals surface area contributed by atoms with E-state index in [1.54, 1.807) is 5.37 Å². The van der Waals surface area contributed by atoms with Gasteiger partial charge in [0.25, 0.3) is 0 Å². The van der Waals surface area contributed by atoms with Crippen molar-refractivity contribution in [2.75, 3.05) is 18.0 Å². The molecule has 0 saturated heterocycles. The van der Waals surface area contributed by atoms with Gasteiger partial charge in [0.2, 0.25) is 0 Å². The standard InChI is InChI=1S/C25H21NO3S/c1-3-26(4-2)17-10-11-20-23(14-17)28-22-12-9-16(15-30)13-21(22)25(20)19-8-6-5-7-18(19)24(27)29-25/h5-15H,3-4H2,1-2H3. The fraction of sp³-hybridized carbons (Fsp3) is 0.200. The van der Waals surface area contributed by atoms with Crippen molar-refractivity contribution in [2.45, 2.75) is 19.4 Å². The number of rotatable bonds is 4. The Bertz CT molecular complexity index is 1180. The lowest BCUT2D eigenvalue weighted by molar-refractivity contribution is 0.0224. The van der Waals surface area contributed by atoms with Crippen LogP contribution in [0.4, 0.5) is 5.69 Å². The summed E-state index contributed by atoms with van der Waals surface area (Å²) in [7, 11) is 0. The van der Waals surface area contributed by atoms with E-state index in [4.69, 9.17) is 21.7 Å². The topological polar surface area (TPSA) is 38.8 Å². The van der Waals surface area contributed by atoms with Gasteiger partial charge in [-0.3, -0.25) is 0 Å². The third-order valence-electron chi connectivity index (χ3n) is 5.98. The molecule has 0 amide bonds. The van der Waals surface area contributed by atoms with Crippen molar-refractivity contribution in [3.05, 3.63) is 88.5 Å². The number of hydrogen-bond acceptors (Lipinski definition) is 5. The molecule has 0 bridgehead atoms. The Kier molecular flexibility index (Phi) is 4.36. The van der Waals surface area contributed by atoms with E-state index in [0.29, 0.717) is 17.1 Å². The number of carbonyl (C=O) groups is 1. The first-order chi connectivity index (χ1) is 14.6. The Balaban J connectivity index is 1.81. The van der Waals surface area contributed by atoms with Gasteiger partial charge in [-0.2, -0.15) is 0 Å². The van der Waals surface area contributed by atoms with Gasteiger partial charge in [0.1, 0.15) is 11.5 Å². The van der Waals surface area contributed by atoms with E-state index in [9.17, 15) is 4.79 Å². The molecule has 0 N–H and O–H groups in total. The van der Waals surface area contributed by atoms with Crippen molar-refractivity contribution >= 4 is 29.2 Å². The number of nitrogens with zero attached hydrogens (tertiary/aromatic N) is 1. The monoisotopic (exact) mass is 415 g/mol. The van der Waals surface area contributed by atoms with Crippen molar-refractivity contribution in [1.29, 1.82) is 0 Å². The summed E-state index contributed by atoms with van der Waals surface area (Å²) in [6, 6.07) is 19.5. The van der Waals surface area contributed by atoms with E-state index >= 15 is 0 Å². The van der Waals surface area contributed by atoms with Crippen LogP contribution in [0.25, 0.3) is 0 Å². The normalized spacial score (nSPS) is 18.1. The van der Waals surface area contributed by atoms with Gasteiger partial charge in [-0.15, -0.1) is 0 Å². The molecule has 3 aromatic rings. The van der Waals surface area contributed by atoms with Gasteiger partial charge < -0.3 is 14.4 Å². The van der Waals surface area contributed by atoms with E-state index in [0.717, 1.165) is 41.0 Å². The van der Waals surface area contributed by atoms with Gasteiger partial charge in [0, 0.05) is 46.9 Å². The molecular formula is C25H21NO3S. The fourth-order valence-electron chi connectivity index (χ4n) is 4.54. The van der Waals surface area contributed by atoms with Crippen molar-refractivity contribution in [3.8, 4) is 11.5 Å². The minimum Gasteiger partial charge on any atom is -0.456 e. The molecule has 1 unspecified atom stereocenters. The molecule has 1 atom stereocenters. The van der Waals surface area contributed by atoms with E-state index in [2.05, 4.69) is 24.8 Å². The van der Waals surface area contributed by atoms with Crippen molar-refractivity contribution < 1.29 is 14.3 Å². The number of ether oxygens (including phenoxy) is 2. The highest BCUT2D eigenvalue weighted by Crippen LogP contribution is 2.56. The third-order valence-corrected chi connectivity index (χ3v) is 6.26. The number of thiocarbonyl (C=S) groups is 1. The van der Waals surface area contributed by atoms with E-state index in [-0.39, 0.29) is 5.97 Å². The number of benzene rings is 3. The average Bonchev–Trinajstić information content (AvgIpc) is 3.08. The molecule has 2 aliphatic heterocycles. The molecular weight excluding hydrogens is 394 g/mol. The summed E-state index contributed by atoms with van der Waals surface area (Å²) in [4.78, 5) is 15.1.